The van der Waals surface area contributed by atoms with Crippen LogP contribution in [0.4, 0.5) is 0 Å². The Kier molecular flexibility index (Phi) is 6.92. The van der Waals surface area contributed by atoms with Crippen LogP contribution >= 0.6 is 11.6 Å². The molecule has 3 aromatic rings. The Bertz CT molecular complexity index is 1090. The molecule has 160 valence electrons. The zero-order valence-electron chi connectivity index (χ0n) is 17.7. The van der Waals surface area contributed by atoms with Gasteiger partial charge in [-0.15, -0.1) is 0 Å². The number of pyridine rings is 1. The summed E-state index contributed by atoms with van der Waals surface area (Å²) in [7, 11) is 2.57. The van der Waals surface area contributed by atoms with E-state index in [-0.39, 0.29) is 11.1 Å². The molecule has 0 unspecified atom stereocenters. The largest absolute Gasteiger partial charge is 0.489 e. The van der Waals surface area contributed by atoms with Crippen LogP contribution in [0.1, 0.15) is 37.7 Å². The van der Waals surface area contributed by atoms with Crippen molar-refractivity contribution in [3.05, 3.63) is 81.6 Å². The zero-order chi connectivity index (χ0) is 22.5. The van der Waals surface area contributed by atoms with Gasteiger partial charge in [0.25, 0.3) is 0 Å². The summed E-state index contributed by atoms with van der Waals surface area (Å²) in [6.07, 6.45) is 0. The first-order chi connectivity index (χ1) is 14.9. The van der Waals surface area contributed by atoms with Gasteiger partial charge in [-0.2, -0.15) is 0 Å². The highest BCUT2D eigenvalue weighted by atomic mass is 35.5. The lowest BCUT2D eigenvalue weighted by atomic mass is 9.92. The minimum atomic E-state index is -0.579. The van der Waals surface area contributed by atoms with Crippen molar-refractivity contribution in [3.63, 3.8) is 0 Å². The Hall–Kier alpha value is -3.38. The third kappa shape index (κ3) is 4.70. The second-order valence-electron chi connectivity index (χ2n) is 6.80. The second kappa shape index (κ2) is 9.62. The normalized spacial score (nSPS) is 10.5. The van der Waals surface area contributed by atoms with Gasteiger partial charge in [0.2, 0.25) is 0 Å². The van der Waals surface area contributed by atoms with Crippen LogP contribution < -0.4 is 4.74 Å². The minimum Gasteiger partial charge on any atom is -0.489 e. The van der Waals surface area contributed by atoms with Crippen LogP contribution in [0.5, 0.6) is 5.75 Å². The molecular weight excluding hydrogens is 418 g/mol. The number of rotatable bonds is 6. The number of nitrogens with zero attached hydrogens (tertiary/aromatic N) is 1. The summed E-state index contributed by atoms with van der Waals surface area (Å²) in [5.74, 6) is -0.543. The van der Waals surface area contributed by atoms with Gasteiger partial charge in [-0.25, -0.2) is 9.59 Å². The van der Waals surface area contributed by atoms with E-state index in [2.05, 4.69) is 4.98 Å². The Morgan fingerprint density at radius 1 is 0.871 bits per heavy atom. The molecule has 0 aliphatic rings. The number of aromatic nitrogens is 1. The summed E-state index contributed by atoms with van der Waals surface area (Å²) < 4.78 is 15.7. The fourth-order valence-corrected chi connectivity index (χ4v) is 3.53. The number of carbonyl (C=O) groups excluding carboxylic acids is 2. The quantitative estimate of drug-likeness (QED) is 0.493. The third-order valence-corrected chi connectivity index (χ3v) is 5.20. The molecule has 1 heterocycles. The molecule has 7 heteroatoms. The van der Waals surface area contributed by atoms with Crippen molar-refractivity contribution < 1.29 is 23.8 Å². The highest BCUT2D eigenvalue weighted by Crippen LogP contribution is 2.33. The van der Waals surface area contributed by atoms with Crippen molar-refractivity contribution in [2.24, 2.45) is 0 Å². The molecule has 0 saturated heterocycles. The van der Waals surface area contributed by atoms with Crippen LogP contribution in [0, 0.1) is 13.8 Å². The summed E-state index contributed by atoms with van der Waals surface area (Å²) in [6, 6.07) is 14.5. The molecule has 0 bridgehead atoms. The third-order valence-electron chi connectivity index (χ3n) is 4.83. The van der Waals surface area contributed by atoms with Crippen LogP contribution in [-0.2, 0) is 16.1 Å². The maximum absolute atomic E-state index is 12.5. The lowest BCUT2D eigenvalue weighted by Crippen LogP contribution is -2.16. The minimum absolute atomic E-state index is 0.221. The average Bonchev–Trinajstić information content (AvgIpc) is 2.77. The van der Waals surface area contributed by atoms with Gasteiger partial charge in [0.05, 0.1) is 36.7 Å². The van der Waals surface area contributed by atoms with E-state index in [1.54, 1.807) is 44.2 Å². The number of hydrogen-bond donors (Lipinski definition) is 0. The molecule has 0 saturated carbocycles. The maximum Gasteiger partial charge on any atom is 0.340 e. The first-order valence-corrected chi connectivity index (χ1v) is 9.89. The first-order valence-electron chi connectivity index (χ1n) is 9.51. The highest BCUT2D eigenvalue weighted by Gasteiger charge is 2.27. The number of benzene rings is 2. The van der Waals surface area contributed by atoms with Crippen LogP contribution in [0.3, 0.4) is 0 Å². The lowest BCUT2D eigenvalue weighted by Gasteiger charge is -2.17. The molecule has 0 fully saturated rings. The first kappa shape index (κ1) is 22.3. The van der Waals surface area contributed by atoms with Crippen LogP contribution in [-0.4, -0.2) is 31.1 Å². The molecule has 6 nitrogen and oxygen atoms in total. The predicted octanol–water partition coefficient (Wildman–Crippen LogP) is 5.17. The lowest BCUT2D eigenvalue weighted by molar-refractivity contribution is 0.0599. The molecule has 0 N–H and O–H groups in total. The fraction of sp³-hybridized carbons (Fsp3) is 0.208. The summed E-state index contributed by atoms with van der Waals surface area (Å²) in [4.78, 5) is 29.4. The van der Waals surface area contributed by atoms with Crippen molar-refractivity contribution >= 4 is 23.5 Å². The van der Waals surface area contributed by atoms with E-state index < -0.39 is 11.9 Å². The van der Waals surface area contributed by atoms with Crippen LogP contribution in [0.2, 0.25) is 5.02 Å². The Labute approximate surface area is 185 Å². The van der Waals surface area contributed by atoms with Gasteiger partial charge in [0, 0.05) is 16.1 Å². The number of aryl methyl sites for hydroxylation is 2. The number of carbonyl (C=O) groups is 2. The van der Waals surface area contributed by atoms with Gasteiger partial charge < -0.3 is 14.2 Å². The average molecular weight is 440 g/mol. The van der Waals surface area contributed by atoms with Gasteiger partial charge in [-0.05, 0) is 37.6 Å². The summed E-state index contributed by atoms with van der Waals surface area (Å²) in [5, 5.41) is 0.632. The zero-order valence-corrected chi connectivity index (χ0v) is 18.4. The smallest absolute Gasteiger partial charge is 0.340 e. The van der Waals surface area contributed by atoms with Crippen LogP contribution in [0.25, 0.3) is 11.1 Å². The molecule has 0 aliphatic heterocycles. The number of hydrogen-bond acceptors (Lipinski definition) is 6. The number of esters is 2. The molecule has 0 amide bonds. The van der Waals surface area contributed by atoms with E-state index in [1.807, 2.05) is 18.2 Å². The van der Waals surface area contributed by atoms with E-state index in [0.29, 0.717) is 39.9 Å². The van der Waals surface area contributed by atoms with E-state index in [0.717, 1.165) is 5.56 Å². The number of methoxy groups -OCH3 is 2. The van der Waals surface area contributed by atoms with E-state index in [4.69, 9.17) is 25.8 Å². The highest BCUT2D eigenvalue weighted by molar-refractivity contribution is 6.31. The Morgan fingerprint density at radius 3 is 1.94 bits per heavy atom. The van der Waals surface area contributed by atoms with Crippen molar-refractivity contribution in [2.45, 2.75) is 20.5 Å². The molecule has 0 aliphatic carbocycles. The number of ether oxygens (including phenoxy) is 3. The van der Waals surface area contributed by atoms with Crippen molar-refractivity contribution in [2.75, 3.05) is 14.2 Å². The number of halogens is 1. The standard InChI is InChI=1S/C24H22ClNO5/c1-14-20(23(27)29-3)22(21(15(2)26-14)24(28)30-4)16-9-11-18(12-10-16)31-13-17-7-5-6-8-19(17)25/h5-12H,13H2,1-4H3. The monoisotopic (exact) mass is 439 g/mol. The van der Waals surface area contributed by atoms with E-state index >= 15 is 0 Å². The summed E-state index contributed by atoms with van der Waals surface area (Å²) in [6.45, 7) is 3.71. The topological polar surface area (TPSA) is 74.7 Å². The van der Waals surface area contributed by atoms with Crippen molar-refractivity contribution in [1.29, 1.82) is 0 Å². The molecule has 0 atom stereocenters. The molecule has 3 rings (SSSR count). The van der Waals surface area contributed by atoms with Gasteiger partial charge in [0.1, 0.15) is 12.4 Å². The van der Waals surface area contributed by atoms with Gasteiger partial charge in [-0.3, -0.25) is 4.98 Å². The Balaban J connectivity index is 2.02. The predicted molar refractivity (Wildman–Crippen MR) is 118 cm³/mol. The molecular formula is C24H22ClNO5. The molecule has 31 heavy (non-hydrogen) atoms. The summed E-state index contributed by atoms with van der Waals surface area (Å²) >= 11 is 6.17. The van der Waals surface area contributed by atoms with E-state index in [1.165, 1.54) is 14.2 Å². The fourth-order valence-electron chi connectivity index (χ4n) is 3.34. The van der Waals surface area contributed by atoms with Crippen LogP contribution in [0.15, 0.2) is 48.5 Å². The summed E-state index contributed by atoms with van der Waals surface area (Å²) in [5.41, 5.74) is 3.30. The van der Waals surface area contributed by atoms with Gasteiger partial charge >= 0.3 is 11.9 Å². The second-order valence-corrected chi connectivity index (χ2v) is 7.20. The molecule has 0 spiro atoms. The van der Waals surface area contributed by atoms with Crippen molar-refractivity contribution in [1.82, 2.24) is 4.98 Å². The van der Waals surface area contributed by atoms with Crippen molar-refractivity contribution in [3.8, 4) is 16.9 Å². The molecule has 0 radical (unpaired) electrons. The SMILES string of the molecule is COC(=O)c1c(C)nc(C)c(C(=O)OC)c1-c1ccc(OCc2ccccc2Cl)cc1. The van der Waals surface area contributed by atoms with Gasteiger partial charge in [0.15, 0.2) is 0 Å². The molecule has 2 aromatic carbocycles. The van der Waals surface area contributed by atoms with E-state index in [9.17, 15) is 9.59 Å². The van der Waals surface area contributed by atoms with Gasteiger partial charge in [-0.1, -0.05) is 41.9 Å². The maximum atomic E-state index is 12.5. The molecule has 1 aromatic heterocycles. The Morgan fingerprint density at radius 2 is 1.42 bits per heavy atom.